The van der Waals surface area contributed by atoms with Crippen LogP contribution in [0.1, 0.15) is 16.7 Å². The number of aromatic nitrogens is 2. The lowest BCUT2D eigenvalue weighted by Crippen LogP contribution is -1.95. The van der Waals surface area contributed by atoms with Crippen LogP contribution in [0, 0.1) is 20.8 Å². The van der Waals surface area contributed by atoms with Crippen LogP contribution in [-0.2, 0) is 0 Å². The Labute approximate surface area is 125 Å². The maximum absolute atomic E-state index is 6.16. The number of hydrogen-bond donors (Lipinski definition) is 1. The van der Waals surface area contributed by atoms with Gasteiger partial charge in [0.05, 0.1) is 17.6 Å². The molecule has 1 heterocycles. The Morgan fingerprint density at radius 3 is 2.10 bits per heavy atom. The smallest absolute Gasteiger partial charge is 0.116 e. The highest BCUT2D eigenvalue weighted by atomic mass is 15.3. The van der Waals surface area contributed by atoms with E-state index in [9.17, 15) is 0 Å². The average molecular weight is 277 g/mol. The van der Waals surface area contributed by atoms with Crippen molar-refractivity contribution in [1.82, 2.24) is 9.78 Å². The lowest BCUT2D eigenvalue weighted by atomic mass is 10.0. The normalized spacial score (nSPS) is 10.8. The van der Waals surface area contributed by atoms with Gasteiger partial charge in [0.2, 0.25) is 0 Å². The van der Waals surface area contributed by atoms with E-state index in [0.717, 1.165) is 16.9 Å². The van der Waals surface area contributed by atoms with Crippen molar-refractivity contribution < 1.29 is 0 Å². The lowest BCUT2D eigenvalue weighted by molar-refractivity contribution is 0.884. The Hall–Kier alpha value is -2.55. The average Bonchev–Trinajstić information content (AvgIpc) is 2.80. The topological polar surface area (TPSA) is 43.8 Å². The van der Waals surface area contributed by atoms with Gasteiger partial charge in [0.1, 0.15) is 5.69 Å². The quantitative estimate of drug-likeness (QED) is 0.768. The number of benzene rings is 2. The first-order valence-corrected chi connectivity index (χ1v) is 7.04. The zero-order valence-electron chi connectivity index (χ0n) is 12.6. The van der Waals surface area contributed by atoms with Crippen molar-refractivity contribution in [3.8, 4) is 16.9 Å². The summed E-state index contributed by atoms with van der Waals surface area (Å²) in [7, 11) is 0. The minimum atomic E-state index is 0.695. The van der Waals surface area contributed by atoms with Gasteiger partial charge >= 0.3 is 0 Å². The van der Waals surface area contributed by atoms with Crippen LogP contribution in [0.5, 0.6) is 0 Å². The first-order chi connectivity index (χ1) is 10.0. The van der Waals surface area contributed by atoms with Gasteiger partial charge in [0.15, 0.2) is 0 Å². The minimum absolute atomic E-state index is 0.695. The number of aryl methyl sites for hydroxylation is 3. The third-order valence-electron chi connectivity index (χ3n) is 3.54. The molecule has 0 radical (unpaired) electrons. The molecule has 0 saturated heterocycles. The fourth-order valence-corrected chi connectivity index (χ4v) is 2.55. The van der Waals surface area contributed by atoms with E-state index in [0.29, 0.717) is 5.69 Å². The maximum atomic E-state index is 6.16. The van der Waals surface area contributed by atoms with Crippen molar-refractivity contribution in [2.75, 3.05) is 5.73 Å². The van der Waals surface area contributed by atoms with Crippen LogP contribution in [0.3, 0.4) is 0 Å². The van der Waals surface area contributed by atoms with E-state index in [2.05, 4.69) is 56.2 Å². The highest BCUT2D eigenvalue weighted by Crippen LogP contribution is 2.27. The van der Waals surface area contributed by atoms with E-state index >= 15 is 0 Å². The number of rotatable bonds is 2. The van der Waals surface area contributed by atoms with Gasteiger partial charge in [-0.25, -0.2) is 4.68 Å². The molecule has 21 heavy (non-hydrogen) atoms. The third kappa shape index (κ3) is 2.68. The summed E-state index contributed by atoms with van der Waals surface area (Å²) >= 11 is 0. The first kappa shape index (κ1) is 13.4. The van der Waals surface area contributed by atoms with Gasteiger partial charge in [0, 0.05) is 5.56 Å². The summed E-state index contributed by atoms with van der Waals surface area (Å²) in [6.45, 7) is 6.25. The summed E-state index contributed by atoms with van der Waals surface area (Å²) in [5.74, 6) is 0. The molecule has 0 spiro atoms. The zero-order valence-corrected chi connectivity index (χ0v) is 12.6. The molecule has 0 unspecified atom stereocenters. The summed E-state index contributed by atoms with van der Waals surface area (Å²) < 4.78 is 1.84. The minimum Gasteiger partial charge on any atom is -0.396 e. The number of nitrogens with zero attached hydrogens (tertiary/aromatic N) is 2. The van der Waals surface area contributed by atoms with Crippen molar-refractivity contribution in [3.05, 3.63) is 65.4 Å². The van der Waals surface area contributed by atoms with Crippen molar-refractivity contribution in [2.45, 2.75) is 20.8 Å². The van der Waals surface area contributed by atoms with E-state index in [1.54, 1.807) is 0 Å². The Kier molecular flexibility index (Phi) is 3.26. The Bertz CT molecular complexity index is 762. The van der Waals surface area contributed by atoms with Crippen molar-refractivity contribution >= 4 is 5.69 Å². The van der Waals surface area contributed by atoms with Crippen LogP contribution in [0.4, 0.5) is 5.69 Å². The van der Waals surface area contributed by atoms with Crippen LogP contribution in [0.2, 0.25) is 0 Å². The molecule has 0 atom stereocenters. The van der Waals surface area contributed by atoms with E-state index in [4.69, 9.17) is 5.73 Å². The SMILES string of the molecule is Cc1ccc(-n2cc(N)c(-c3cc(C)cc(C)c3)n2)cc1. The second-order valence-corrected chi connectivity index (χ2v) is 5.59. The Balaban J connectivity index is 2.07. The molecule has 0 aliphatic heterocycles. The lowest BCUT2D eigenvalue weighted by Gasteiger charge is -2.03. The summed E-state index contributed by atoms with van der Waals surface area (Å²) in [5.41, 5.74) is 13.4. The van der Waals surface area contributed by atoms with Crippen molar-refractivity contribution in [2.24, 2.45) is 0 Å². The number of anilines is 1. The monoisotopic (exact) mass is 277 g/mol. The molecule has 3 nitrogen and oxygen atoms in total. The highest BCUT2D eigenvalue weighted by Gasteiger charge is 2.10. The van der Waals surface area contributed by atoms with Gasteiger partial charge in [-0.2, -0.15) is 5.10 Å². The summed E-state index contributed by atoms with van der Waals surface area (Å²) in [6, 6.07) is 14.6. The molecule has 2 aromatic carbocycles. The second-order valence-electron chi connectivity index (χ2n) is 5.59. The van der Waals surface area contributed by atoms with E-state index in [1.807, 2.05) is 23.0 Å². The largest absolute Gasteiger partial charge is 0.396 e. The molecule has 0 aliphatic carbocycles. The predicted octanol–water partition coefficient (Wildman–Crippen LogP) is 4.05. The maximum Gasteiger partial charge on any atom is 0.116 e. The van der Waals surface area contributed by atoms with Crippen LogP contribution in [-0.4, -0.2) is 9.78 Å². The van der Waals surface area contributed by atoms with Crippen LogP contribution in [0.15, 0.2) is 48.7 Å². The van der Waals surface area contributed by atoms with E-state index in [1.165, 1.54) is 16.7 Å². The van der Waals surface area contributed by atoms with Crippen LogP contribution < -0.4 is 5.73 Å². The molecule has 0 bridgehead atoms. The summed E-state index contributed by atoms with van der Waals surface area (Å²) in [5, 5.41) is 4.65. The molecular formula is C18H19N3. The summed E-state index contributed by atoms with van der Waals surface area (Å²) in [6.07, 6.45) is 1.87. The molecule has 3 heteroatoms. The van der Waals surface area contributed by atoms with Gasteiger partial charge in [-0.3, -0.25) is 0 Å². The van der Waals surface area contributed by atoms with Gasteiger partial charge in [-0.05, 0) is 45.0 Å². The van der Waals surface area contributed by atoms with Crippen molar-refractivity contribution in [1.29, 1.82) is 0 Å². The Morgan fingerprint density at radius 1 is 0.857 bits per heavy atom. The molecular weight excluding hydrogens is 258 g/mol. The molecule has 1 aromatic heterocycles. The van der Waals surface area contributed by atoms with E-state index in [-0.39, 0.29) is 0 Å². The van der Waals surface area contributed by atoms with Crippen molar-refractivity contribution in [3.63, 3.8) is 0 Å². The fourth-order valence-electron chi connectivity index (χ4n) is 2.55. The first-order valence-electron chi connectivity index (χ1n) is 7.04. The number of nitrogens with two attached hydrogens (primary N) is 1. The molecule has 0 saturated carbocycles. The highest BCUT2D eigenvalue weighted by molar-refractivity contribution is 5.73. The predicted molar refractivity (Wildman–Crippen MR) is 87.6 cm³/mol. The third-order valence-corrected chi connectivity index (χ3v) is 3.54. The zero-order chi connectivity index (χ0) is 15.0. The molecule has 0 amide bonds. The fraction of sp³-hybridized carbons (Fsp3) is 0.167. The number of hydrogen-bond acceptors (Lipinski definition) is 2. The van der Waals surface area contributed by atoms with E-state index < -0.39 is 0 Å². The van der Waals surface area contributed by atoms with Gasteiger partial charge in [-0.15, -0.1) is 0 Å². The molecule has 0 aliphatic rings. The molecule has 2 N–H and O–H groups in total. The Morgan fingerprint density at radius 2 is 1.48 bits per heavy atom. The van der Waals surface area contributed by atoms with Gasteiger partial charge < -0.3 is 5.73 Å². The molecule has 106 valence electrons. The van der Waals surface area contributed by atoms with Gasteiger partial charge in [0.25, 0.3) is 0 Å². The molecule has 3 aromatic rings. The number of nitrogen functional groups attached to an aromatic ring is 1. The van der Waals surface area contributed by atoms with Crippen LogP contribution in [0.25, 0.3) is 16.9 Å². The summed E-state index contributed by atoms with van der Waals surface area (Å²) in [4.78, 5) is 0. The van der Waals surface area contributed by atoms with Crippen LogP contribution >= 0.6 is 0 Å². The molecule has 0 fully saturated rings. The molecule has 3 rings (SSSR count). The second kappa shape index (κ2) is 5.09. The standard InChI is InChI=1S/C18H19N3/c1-12-4-6-16(7-5-12)21-11-17(19)18(20-21)15-9-13(2)8-14(3)10-15/h4-11H,19H2,1-3H3. The van der Waals surface area contributed by atoms with Gasteiger partial charge in [-0.1, -0.05) is 34.9 Å².